The Morgan fingerprint density at radius 2 is 0.660 bits per heavy atom. The maximum absolute atomic E-state index is 11.6. The van der Waals surface area contributed by atoms with Crippen LogP contribution < -0.4 is 0 Å². The third-order valence-electron chi connectivity index (χ3n) is 7.36. The van der Waals surface area contributed by atoms with Crippen molar-refractivity contribution in [1.29, 1.82) is 0 Å². The highest BCUT2D eigenvalue weighted by Crippen LogP contribution is 2.17. The zero-order valence-corrected chi connectivity index (χ0v) is 26.8. The second kappa shape index (κ2) is 16.1. The molecule has 14 nitrogen and oxygen atoms in total. The van der Waals surface area contributed by atoms with E-state index in [9.17, 15) is 34.8 Å². The first-order valence-electron chi connectivity index (χ1n) is 15.3. The summed E-state index contributed by atoms with van der Waals surface area (Å²) in [5, 5.41) is 38.3. The standard InChI is InChI=1S/C36H33N7O7/c1-23(44)30-13-3-9-26(38-30)19-42(20-27-10-4-14-31(39-27)34(45)46)17-24-7-2-8-25(37-24)18-43(21-28-11-5-15-32(40-28)35(47)48)22-29-12-6-16-33(41-29)36(49)50/h2-16,44H,1,17-22H2,(H,45,46)(H,47,48)(H,49,50). The van der Waals surface area contributed by atoms with Crippen LogP contribution in [0.25, 0.3) is 5.76 Å². The van der Waals surface area contributed by atoms with E-state index in [1.165, 1.54) is 18.2 Å². The van der Waals surface area contributed by atoms with E-state index in [4.69, 9.17) is 4.98 Å². The summed E-state index contributed by atoms with van der Waals surface area (Å²) in [7, 11) is 0. The molecule has 0 radical (unpaired) electrons. The van der Waals surface area contributed by atoms with Crippen LogP contribution in [0.15, 0.2) is 97.6 Å². The molecule has 50 heavy (non-hydrogen) atoms. The van der Waals surface area contributed by atoms with E-state index in [1.807, 2.05) is 34.1 Å². The number of aromatic nitrogens is 5. The van der Waals surface area contributed by atoms with E-state index in [-0.39, 0.29) is 49.0 Å². The maximum Gasteiger partial charge on any atom is 0.354 e. The van der Waals surface area contributed by atoms with E-state index in [1.54, 1.807) is 48.5 Å². The Hall–Kier alpha value is -6.38. The van der Waals surface area contributed by atoms with Gasteiger partial charge in [-0.3, -0.25) is 14.8 Å². The highest BCUT2D eigenvalue weighted by Gasteiger charge is 2.17. The molecule has 0 atom stereocenters. The van der Waals surface area contributed by atoms with Gasteiger partial charge in [-0.15, -0.1) is 0 Å². The Labute approximate surface area is 286 Å². The molecular weight excluding hydrogens is 642 g/mol. The molecule has 5 aromatic heterocycles. The molecule has 0 aliphatic rings. The van der Waals surface area contributed by atoms with Crippen LogP contribution in [0.1, 0.15) is 71.3 Å². The minimum absolute atomic E-state index is 0.0777. The van der Waals surface area contributed by atoms with Gasteiger partial charge in [0.25, 0.3) is 0 Å². The molecule has 0 fully saturated rings. The van der Waals surface area contributed by atoms with Crippen molar-refractivity contribution < 1.29 is 34.8 Å². The zero-order valence-electron chi connectivity index (χ0n) is 26.8. The Morgan fingerprint density at radius 3 is 0.940 bits per heavy atom. The summed E-state index contributed by atoms with van der Waals surface area (Å²) in [5.41, 5.74) is 3.59. The highest BCUT2D eigenvalue weighted by atomic mass is 16.4. The number of pyridine rings is 5. The molecule has 0 spiro atoms. The molecule has 5 aromatic rings. The average molecular weight is 676 g/mol. The summed E-state index contributed by atoms with van der Waals surface area (Å²) in [6.07, 6.45) is 0. The van der Waals surface area contributed by atoms with E-state index >= 15 is 0 Å². The zero-order chi connectivity index (χ0) is 35.6. The van der Waals surface area contributed by atoms with Gasteiger partial charge in [-0.1, -0.05) is 36.9 Å². The first kappa shape index (κ1) is 34.9. The van der Waals surface area contributed by atoms with Gasteiger partial charge in [0.05, 0.1) is 34.2 Å². The summed E-state index contributed by atoms with van der Waals surface area (Å²) in [5.74, 6) is -3.60. The normalized spacial score (nSPS) is 11.1. The fourth-order valence-corrected chi connectivity index (χ4v) is 5.20. The highest BCUT2D eigenvalue weighted by molar-refractivity contribution is 5.86. The lowest BCUT2D eigenvalue weighted by molar-refractivity contribution is 0.0679. The van der Waals surface area contributed by atoms with Crippen molar-refractivity contribution >= 4 is 23.7 Å². The topological polar surface area (TPSA) is 203 Å². The van der Waals surface area contributed by atoms with Crippen molar-refractivity contribution in [3.8, 4) is 0 Å². The summed E-state index contributed by atoms with van der Waals surface area (Å²) in [6, 6.07) is 25.0. The van der Waals surface area contributed by atoms with Crippen LogP contribution in [-0.2, 0) is 39.3 Å². The molecule has 0 unspecified atom stereocenters. The molecule has 0 saturated heterocycles. The molecule has 254 valence electrons. The largest absolute Gasteiger partial charge is 0.506 e. The van der Waals surface area contributed by atoms with Gasteiger partial charge in [0.2, 0.25) is 0 Å². The lowest BCUT2D eigenvalue weighted by Crippen LogP contribution is -2.26. The fourth-order valence-electron chi connectivity index (χ4n) is 5.20. The average Bonchev–Trinajstić information content (AvgIpc) is 3.09. The van der Waals surface area contributed by atoms with Gasteiger partial charge in [-0.05, 0) is 60.7 Å². The van der Waals surface area contributed by atoms with Crippen molar-refractivity contribution in [2.45, 2.75) is 39.3 Å². The van der Waals surface area contributed by atoms with Gasteiger partial charge >= 0.3 is 17.9 Å². The second-order valence-corrected chi connectivity index (χ2v) is 11.3. The summed E-state index contributed by atoms with van der Waals surface area (Å²) < 4.78 is 0. The number of aliphatic hydroxyl groups excluding tert-OH is 1. The van der Waals surface area contributed by atoms with Crippen LogP contribution in [0.2, 0.25) is 0 Å². The van der Waals surface area contributed by atoms with E-state index in [0.29, 0.717) is 52.9 Å². The Kier molecular flexibility index (Phi) is 11.3. The van der Waals surface area contributed by atoms with Gasteiger partial charge in [-0.2, -0.15) is 0 Å². The molecule has 0 amide bonds. The smallest absolute Gasteiger partial charge is 0.354 e. The molecule has 0 saturated carbocycles. The molecular formula is C36H33N7O7. The van der Waals surface area contributed by atoms with Crippen LogP contribution in [0.3, 0.4) is 0 Å². The van der Waals surface area contributed by atoms with Gasteiger partial charge in [0, 0.05) is 39.3 Å². The minimum Gasteiger partial charge on any atom is -0.506 e. The number of carboxylic acids is 3. The van der Waals surface area contributed by atoms with Gasteiger partial charge in [-0.25, -0.2) is 34.3 Å². The Bertz CT molecular complexity index is 1780. The number of hydrogen-bond acceptors (Lipinski definition) is 11. The monoisotopic (exact) mass is 675 g/mol. The van der Waals surface area contributed by atoms with Crippen LogP contribution in [0.5, 0.6) is 0 Å². The van der Waals surface area contributed by atoms with Crippen LogP contribution >= 0.6 is 0 Å². The third kappa shape index (κ3) is 9.82. The molecule has 5 heterocycles. The lowest BCUT2D eigenvalue weighted by Gasteiger charge is -2.24. The van der Waals surface area contributed by atoms with Crippen molar-refractivity contribution in [3.05, 3.63) is 155 Å². The first-order chi connectivity index (χ1) is 24.0. The number of aromatic carboxylic acids is 3. The third-order valence-corrected chi connectivity index (χ3v) is 7.36. The fraction of sp³-hybridized carbons (Fsp3) is 0.167. The molecule has 0 aromatic carbocycles. The van der Waals surface area contributed by atoms with Crippen LogP contribution in [-0.4, -0.2) is 73.1 Å². The van der Waals surface area contributed by atoms with Gasteiger partial charge < -0.3 is 20.4 Å². The van der Waals surface area contributed by atoms with E-state index < -0.39 is 17.9 Å². The van der Waals surface area contributed by atoms with Crippen LogP contribution in [0, 0.1) is 0 Å². The number of hydrogen-bond donors (Lipinski definition) is 4. The van der Waals surface area contributed by atoms with Crippen LogP contribution in [0.4, 0.5) is 0 Å². The number of carboxylic acid groups (broad SMARTS) is 3. The lowest BCUT2D eigenvalue weighted by atomic mass is 10.2. The van der Waals surface area contributed by atoms with E-state index in [2.05, 4.69) is 26.5 Å². The van der Waals surface area contributed by atoms with Gasteiger partial charge in [0.15, 0.2) is 0 Å². The molecule has 14 heteroatoms. The van der Waals surface area contributed by atoms with E-state index in [0.717, 1.165) is 0 Å². The molecule has 5 rings (SSSR count). The Balaban J connectivity index is 1.41. The summed E-state index contributed by atoms with van der Waals surface area (Å²) in [6.45, 7) is 5.20. The molecule has 0 bridgehead atoms. The van der Waals surface area contributed by atoms with Crippen molar-refractivity contribution in [2.24, 2.45) is 0 Å². The van der Waals surface area contributed by atoms with Gasteiger partial charge in [0.1, 0.15) is 28.5 Å². The number of nitrogens with zero attached hydrogens (tertiary/aromatic N) is 7. The van der Waals surface area contributed by atoms with Crippen molar-refractivity contribution in [2.75, 3.05) is 0 Å². The second-order valence-electron chi connectivity index (χ2n) is 11.3. The summed E-state index contributed by atoms with van der Waals surface area (Å²) in [4.78, 5) is 60.8. The number of rotatable bonds is 16. The Morgan fingerprint density at radius 1 is 0.420 bits per heavy atom. The number of aliphatic hydroxyl groups is 1. The summed E-state index contributed by atoms with van der Waals surface area (Å²) >= 11 is 0. The predicted octanol–water partition coefficient (Wildman–Crippen LogP) is 4.69. The molecule has 0 aliphatic carbocycles. The minimum atomic E-state index is -1.15. The molecule has 0 aliphatic heterocycles. The SMILES string of the molecule is C=C(O)c1cccc(CN(Cc2cccc(CN(Cc3cccc(C(=O)O)n3)Cc3cccc(C(=O)O)n3)n2)Cc2cccc(C(=O)O)n2)n1. The van der Waals surface area contributed by atoms with Crippen molar-refractivity contribution in [1.82, 2.24) is 34.7 Å². The van der Waals surface area contributed by atoms with Crippen molar-refractivity contribution in [3.63, 3.8) is 0 Å². The quantitative estimate of drug-likeness (QED) is 0.105. The molecule has 4 N–H and O–H groups in total. The number of carbonyl (C=O) groups is 3. The predicted molar refractivity (Wildman–Crippen MR) is 180 cm³/mol. The maximum atomic E-state index is 11.6. The first-order valence-corrected chi connectivity index (χ1v) is 15.3.